The highest BCUT2D eigenvalue weighted by molar-refractivity contribution is 7.92. The van der Waals surface area contributed by atoms with Crippen LogP contribution in [0.5, 0.6) is 5.75 Å². The fraction of sp³-hybridized carbons (Fsp3) is 0.538. The predicted molar refractivity (Wildman–Crippen MR) is 196 cm³/mol. The van der Waals surface area contributed by atoms with E-state index < -0.39 is 21.9 Å². The molecule has 6 aliphatic rings. The van der Waals surface area contributed by atoms with Gasteiger partial charge in [-0.1, -0.05) is 48.9 Å². The zero-order valence-electron chi connectivity index (χ0n) is 28.8. The maximum atomic E-state index is 14.3. The minimum Gasteiger partial charge on any atom is -0.490 e. The molecule has 3 amide bonds. The van der Waals surface area contributed by atoms with E-state index in [0.29, 0.717) is 67.0 Å². The van der Waals surface area contributed by atoms with Gasteiger partial charge in [-0.05, 0) is 110 Å². The number of ether oxygens (including phenoxy) is 2. The standard InChI is InChI=1S/C39H47ClN4O5S/c1-24-4-3-5-35(48-2)31-13-9-28(31)20-44-22-39(18-27-8-12-30(27)32-17-29(40)11-14-33(32)39)23-49-36-15-10-26(16-34(36)44)37(45)42-50(47,21-24)43-38(46)41-19-25-6-7-25/h3,5,8,10-12,14-17,24-25,27-28,30-31,35H,4,6-7,9,13,18-23H2,1-2H3,(H2,41,42,43,45,46,47)/b5-3+/t24-,27-,28-,30-,31+,35-,39-,50-/m0/s1. The molecule has 0 aromatic heterocycles. The van der Waals surface area contributed by atoms with E-state index in [4.69, 9.17) is 21.1 Å². The average Bonchev–Trinajstić information content (AvgIpc) is 3.90. The molecule has 2 bridgehead atoms. The Morgan fingerprint density at radius 1 is 1.14 bits per heavy atom. The van der Waals surface area contributed by atoms with Crippen molar-refractivity contribution in [3.8, 4) is 5.75 Å². The lowest BCUT2D eigenvalue weighted by Gasteiger charge is -2.49. The number of anilines is 1. The fourth-order valence-corrected chi connectivity index (χ4v) is 10.8. The molecule has 2 saturated carbocycles. The van der Waals surface area contributed by atoms with E-state index in [2.05, 4.69) is 55.7 Å². The van der Waals surface area contributed by atoms with E-state index in [0.717, 1.165) is 49.4 Å². The van der Waals surface area contributed by atoms with Crippen LogP contribution in [0.3, 0.4) is 0 Å². The minimum atomic E-state index is -3.44. The first-order chi connectivity index (χ1) is 24.1. The third-order valence-electron chi connectivity index (χ3n) is 11.9. The largest absolute Gasteiger partial charge is 0.490 e. The molecule has 11 heteroatoms. The summed E-state index contributed by atoms with van der Waals surface area (Å²) in [5, 5.41) is 3.56. The lowest BCUT2D eigenvalue weighted by molar-refractivity contribution is 0.0131. The Morgan fingerprint density at radius 3 is 2.74 bits per heavy atom. The molecule has 266 valence electrons. The van der Waals surface area contributed by atoms with Gasteiger partial charge in [-0.2, -0.15) is 0 Å². The number of fused-ring (bicyclic) bond motifs is 6. The van der Waals surface area contributed by atoms with Crippen molar-refractivity contribution >= 4 is 39.1 Å². The van der Waals surface area contributed by atoms with E-state index in [1.807, 2.05) is 25.1 Å². The second-order valence-electron chi connectivity index (χ2n) is 15.6. The number of methoxy groups -OCH3 is 1. The second-order valence-corrected chi connectivity index (χ2v) is 18.0. The SMILES string of the molecule is CO[C@H]1/C=C/C[C@H](C)C[S@@](=O)(NC(=O)NCC2CC2)=NC(=O)c2ccc3c(c2)N(C[C@@H]2CC[C@H]21)C[C@]1(CO3)C[C@@H]2C=C[C@@H]2c2cc(Cl)ccc21. The van der Waals surface area contributed by atoms with Crippen molar-refractivity contribution in [2.75, 3.05) is 44.0 Å². The highest BCUT2D eigenvalue weighted by Gasteiger charge is 2.49. The lowest BCUT2D eigenvalue weighted by Crippen LogP contribution is -2.51. The Hall–Kier alpha value is -3.34. The monoisotopic (exact) mass is 718 g/mol. The van der Waals surface area contributed by atoms with Crippen LogP contribution in [0.2, 0.25) is 5.02 Å². The Morgan fingerprint density at radius 2 is 2.00 bits per heavy atom. The number of nitrogens with one attached hydrogen (secondary N) is 2. The summed E-state index contributed by atoms with van der Waals surface area (Å²) in [4.78, 5) is 29.2. The first kappa shape index (κ1) is 33.8. The van der Waals surface area contributed by atoms with Crippen LogP contribution >= 0.6 is 11.6 Å². The molecule has 9 nitrogen and oxygen atoms in total. The van der Waals surface area contributed by atoms with Gasteiger partial charge in [0, 0.05) is 48.7 Å². The van der Waals surface area contributed by atoms with Gasteiger partial charge in [0.2, 0.25) is 0 Å². The molecule has 2 heterocycles. The number of carbonyl (C=O) groups is 2. The number of amides is 3. The van der Waals surface area contributed by atoms with Crippen molar-refractivity contribution in [2.45, 2.75) is 62.9 Å². The summed E-state index contributed by atoms with van der Waals surface area (Å²) >= 11 is 6.56. The van der Waals surface area contributed by atoms with E-state index in [-0.39, 0.29) is 23.2 Å². The molecular formula is C39H47ClN4O5S. The molecule has 1 spiro atoms. The smallest absolute Gasteiger partial charge is 0.327 e. The van der Waals surface area contributed by atoms with Gasteiger partial charge in [0.15, 0.2) is 0 Å². The lowest BCUT2D eigenvalue weighted by atomic mass is 9.58. The van der Waals surface area contributed by atoms with Crippen LogP contribution in [-0.4, -0.2) is 61.4 Å². The van der Waals surface area contributed by atoms with Gasteiger partial charge in [0.25, 0.3) is 5.91 Å². The van der Waals surface area contributed by atoms with Crippen LogP contribution in [0.4, 0.5) is 10.5 Å². The zero-order chi connectivity index (χ0) is 34.6. The van der Waals surface area contributed by atoms with Gasteiger partial charge in [-0.15, -0.1) is 4.36 Å². The molecule has 4 aliphatic carbocycles. The van der Waals surface area contributed by atoms with E-state index in [9.17, 15) is 13.8 Å². The maximum absolute atomic E-state index is 14.3. The summed E-state index contributed by atoms with van der Waals surface area (Å²) in [5.41, 5.74) is 3.42. The normalized spacial score (nSPS) is 35.1. The molecule has 0 saturated heterocycles. The number of halogens is 1. The molecule has 2 N–H and O–H groups in total. The van der Waals surface area contributed by atoms with Gasteiger partial charge in [-0.25, -0.2) is 9.00 Å². The Labute approximate surface area is 300 Å². The number of hydrogen-bond donors (Lipinski definition) is 2. The summed E-state index contributed by atoms with van der Waals surface area (Å²) in [7, 11) is -1.66. The number of nitrogens with zero attached hydrogens (tertiary/aromatic N) is 2. The van der Waals surface area contributed by atoms with Crippen molar-refractivity contribution in [3.05, 3.63) is 82.4 Å². The Balaban J connectivity index is 1.19. The van der Waals surface area contributed by atoms with Crippen molar-refractivity contribution in [1.82, 2.24) is 10.0 Å². The van der Waals surface area contributed by atoms with Crippen molar-refractivity contribution in [2.24, 2.45) is 34.0 Å². The quantitative estimate of drug-likeness (QED) is 0.329. The maximum Gasteiger partial charge on any atom is 0.327 e. The Kier molecular flexibility index (Phi) is 9.01. The number of hydrogen-bond acceptors (Lipinski definition) is 6. The van der Waals surface area contributed by atoms with E-state index >= 15 is 0 Å². The molecule has 2 aromatic rings. The van der Waals surface area contributed by atoms with Gasteiger partial charge >= 0.3 is 6.03 Å². The van der Waals surface area contributed by atoms with E-state index in [1.165, 1.54) is 11.1 Å². The topological polar surface area (TPSA) is 109 Å². The van der Waals surface area contributed by atoms with Crippen LogP contribution in [0, 0.1) is 29.6 Å². The van der Waals surface area contributed by atoms with Gasteiger partial charge in [0.05, 0.1) is 24.2 Å². The van der Waals surface area contributed by atoms with Crippen LogP contribution in [0.15, 0.2) is 65.1 Å². The molecule has 2 fully saturated rings. The van der Waals surface area contributed by atoms with E-state index in [1.54, 1.807) is 13.2 Å². The molecule has 2 aromatic carbocycles. The molecular weight excluding hydrogens is 672 g/mol. The highest BCUT2D eigenvalue weighted by Crippen LogP contribution is 2.54. The minimum absolute atomic E-state index is 0.0442. The molecule has 8 atom stereocenters. The zero-order valence-corrected chi connectivity index (χ0v) is 30.4. The second kappa shape index (κ2) is 13.3. The molecule has 0 radical (unpaired) electrons. The summed E-state index contributed by atoms with van der Waals surface area (Å²) < 4.78 is 34.0. The number of urea groups is 1. The van der Waals surface area contributed by atoms with Crippen molar-refractivity contribution < 1.29 is 23.3 Å². The number of carbonyl (C=O) groups excluding carboxylic acids is 2. The number of benzene rings is 2. The third-order valence-corrected chi connectivity index (χ3v) is 14.1. The summed E-state index contributed by atoms with van der Waals surface area (Å²) in [6, 6.07) is 11.1. The van der Waals surface area contributed by atoms with Crippen molar-refractivity contribution in [1.29, 1.82) is 0 Å². The Bertz CT molecular complexity index is 1870. The summed E-state index contributed by atoms with van der Waals surface area (Å²) in [5.74, 6) is 2.02. The highest BCUT2D eigenvalue weighted by atomic mass is 35.5. The molecule has 8 rings (SSSR count). The van der Waals surface area contributed by atoms with Crippen LogP contribution in [0.25, 0.3) is 0 Å². The fourth-order valence-electron chi connectivity index (χ4n) is 8.80. The molecule has 50 heavy (non-hydrogen) atoms. The molecule has 2 aliphatic heterocycles. The average molecular weight is 719 g/mol. The first-order valence-corrected chi connectivity index (χ1v) is 20.2. The van der Waals surface area contributed by atoms with Crippen LogP contribution < -0.4 is 19.7 Å². The third kappa shape index (κ3) is 6.59. The van der Waals surface area contributed by atoms with Crippen LogP contribution in [0.1, 0.15) is 72.9 Å². The number of allylic oxidation sites excluding steroid dienone is 3. The van der Waals surface area contributed by atoms with Gasteiger partial charge in [0.1, 0.15) is 15.7 Å². The van der Waals surface area contributed by atoms with Gasteiger partial charge < -0.3 is 19.7 Å². The van der Waals surface area contributed by atoms with Crippen LogP contribution in [-0.2, 0) is 20.1 Å². The first-order valence-electron chi connectivity index (χ1n) is 18.2. The summed E-state index contributed by atoms with van der Waals surface area (Å²) in [6.07, 6.45) is 14.7. The number of rotatable bonds is 4. The van der Waals surface area contributed by atoms with Gasteiger partial charge in [-0.3, -0.25) is 9.52 Å². The van der Waals surface area contributed by atoms with Crippen molar-refractivity contribution in [3.63, 3.8) is 0 Å². The predicted octanol–water partition coefficient (Wildman–Crippen LogP) is 7.02. The molecule has 0 unspecified atom stereocenters. The summed E-state index contributed by atoms with van der Waals surface area (Å²) in [6.45, 7) is 4.49.